The first-order valence-corrected chi connectivity index (χ1v) is 6.92. The van der Waals surface area contributed by atoms with Crippen LogP contribution in [0, 0.1) is 0 Å². The maximum absolute atomic E-state index is 5.68. The van der Waals surface area contributed by atoms with E-state index in [-0.39, 0.29) is 0 Å². The number of hydrogen-bond acceptors (Lipinski definition) is 3. The topological polar surface area (TPSA) is 24.5 Å². The highest BCUT2D eigenvalue weighted by atomic mass is 16.5. The van der Waals surface area contributed by atoms with Crippen LogP contribution in [0.15, 0.2) is 0 Å². The molecule has 2 atom stereocenters. The van der Waals surface area contributed by atoms with Gasteiger partial charge < -0.3 is 15.0 Å². The minimum Gasteiger partial charge on any atom is -0.378 e. The molecule has 0 bridgehead atoms. The van der Waals surface area contributed by atoms with E-state index in [9.17, 15) is 0 Å². The molecule has 0 aromatic heterocycles. The van der Waals surface area contributed by atoms with Gasteiger partial charge in [-0.2, -0.15) is 0 Å². The van der Waals surface area contributed by atoms with Gasteiger partial charge >= 0.3 is 0 Å². The monoisotopic (exact) mass is 226 g/mol. The van der Waals surface area contributed by atoms with Gasteiger partial charge in [0.25, 0.3) is 0 Å². The average Bonchev–Trinajstić information content (AvgIpc) is 2.76. The zero-order chi connectivity index (χ0) is 11.2. The number of hydrogen-bond donors (Lipinski definition) is 1. The van der Waals surface area contributed by atoms with E-state index in [1.165, 1.54) is 58.3 Å². The Labute approximate surface area is 99.5 Å². The molecule has 0 radical (unpaired) electrons. The summed E-state index contributed by atoms with van der Waals surface area (Å²) in [5.74, 6) is 0. The molecular weight excluding hydrogens is 200 g/mol. The summed E-state index contributed by atoms with van der Waals surface area (Å²) < 4.78 is 5.68. The van der Waals surface area contributed by atoms with Crippen molar-refractivity contribution in [2.75, 3.05) is 32.8 Å². The first-order valence-electron chi connectivity index (χ1n) is 6.92. The van der Waals surface area contributed by atoms with Crippen LogP contribution in [-0.2, 0) is 4.74 Å². The quantitative estimate of drug-likeness (QED) is 0.791. The molecule has 2 fully saturated rings. The van der Waals surface area contributed by atoms with Crippen LogP contribution >= 0.6 is 0 Å². The lowest BCUT2D eigenvalue weighted by Crippen LogP contribution is -2.39. The lowest BCUT2D eigenvalue weighted by molar-refractivity contribution is 0.0903. The third-order valence-electron chi connectivity index (χ3n) is 3.81. The van der Waals surface area contributed by atoms with Gasteiger partial charge in [-0.15, -0.1) is 0 Å². The van der Waals surface area contributed by atoms with Crippen LogP contribution in [0.25, 0.3) is 0 Å². The minimum atomic E-state index is 0.556. The molecule has 3 heteroatoms. The van der Waals surface area contributed by atoms with Gasteiger partial charge in [-0.05, 0) is 58.7 Å². The van der Waals surface area contributed by atoms with Crippen molar-refractivity contribution in [1.29, 1.82) is 0 Å². The van der Waals surface area contributed by atoms with Crippen LogP contribution < -0.4 is 5.32 Å². The summed E-state index contributed by atoms with van der Waals surface area (Å²) in [5, 5.41) is 3.55. The van der Waals surface area contributed by atoms with Crippen molar-refractivity contribution in [2.24, 2.45) is 0 Å². The van der Waals surface area contributed by atoms with Crippen LogP contribution in [0.3, 0.4) is 0 Å². The Bertz CT molecular complexity index is 192. The van der Waals surface area contributed by atoms with Gasteiger partial charge in [0.15, 0.2) is 0 Å². The Morgan fingerprint density at radius 3 is 3.00 bits per heavy atom. The van der Waals surface area contributed by atoms with Crippen LogP contribution in [0.1, 0.15) is 39.0 Å². The van der Waals surface area contributed by atoms with Crippen molar-refractivity contribution >= 4 is 0 Å². The highest BCUT2D eigenvalue weighted by Crippen LogP contribution is 2.16. The second-order valence-corrected chi connectivity index (χ2v) is 5.26. The Morgan fingerprint density at radius 2 is 2.19 bits per heavy atom. The zero-order valence-electron chi connectivity index (χ0n) is 10.6. The Kier molecular flexibility index (Phi) is 5.07. The van der Waals surface area contributed by atoms with Crippen molar-refractivity contribution < 1.29 is 4.74 Å². The van der Waals surface area contributed by atoms with Gasteiger partial charge in [-0.1, -0.05) is 0 Å². The van der Waals surface area contributed by atoms with Crippen LogP contribution in [0.2, 0.25) is 0 Å². The normalized spacial score (nSPS) is 33.6. The van der Waals surface area contributed by atoms with Crippen molar-refractivity contribution in [1.82, 2.24) is 10.2 Å². The summed E-state index contributed by atoms with van der Waals surface area (Å²) in [5.41, 5.74) is 0. The Balaban J connectivity index is 1.66. The molecule has 1 N–H and O–H groups in total. The fourth-order valence-electron chi connectivity index (χ4n) is 2.66. The van der Waals surface area contributed by atoms with Crippen molar-refractivity contribution in [3.05, 3.63) is 0 Å². The molecule has 2 unspecified atom stereocenters. The molecule has 0 aromatic rings. The standard InChI is InChI=1S/C13H26N2O/c1-12-5-9-15(8-3-7-14-12)10-6-13-4-2-11-16-13/h12-14H,2-11H2,1H3. The lowest BCUT2D eigenvalue weighted by atomic mass is 10.1. The SMILES string of the molecule is CC1CCN(CCC2CCCO2)CCCN1. The Hall–Kier alpha value is -0.120. The third kappa shape index (κ3) is 4.04. The van der Waals surface area contributed by atoms with Gasteiger partial charge in [-0.3, -0.25) is 0 Å². The largest absolute Gasteiger partial charge is 0.378 e. The van der Waals surface area contributed by atoms with Crippen LogP contribution in [0.4, 0.5) is 0 Å². The molecule has 0 spiro atoms. The molecule has 3 nitrogen and oxygen atoms in total. The van der Waals surface area contributed by atoms with E-state index in [1.807, 2.05) is 0 Å². The second kappa shape index (κ2) is 6.58. The fourth-order valence-corrected chi connectivity index (χ4v) is 2.66. The van der Waals surface area contributed by atoms with Crippen molar-refractivity contribution in [2.45, 2.75) is 51.2 Å². The summed E-state index contributed by atoms with van der Waals surface area (Å²) >= 11 is 0. The molecule has 2 rings (SSSR count). The maximum Gasteiger partial charge on any atom is 0.0588 e. The van der Waals surface area contributed by atoms with E-state index >= 15 is 0 Å². The van der Waals surface area contributed by atoms with Crippen LogP contribution in [0.5, 0.6) is 0 Å². The second-order valence-electron chi connectivity index (χ2n) is 5.26. The molecule has 0 amide bonds. The smallest absolute Gasteiger partial charge is 0.0588 e. The highest BCUT2D eigenvalue weighted by Gasteiger charge is 2.17. The average molecular weight is 226 g/mol. The van der Waals surface area contributed by atoms with E-state index < -0.39 is 0 Å². The van der Waals surface area contributed by atoms with E-state index in [0.29, 0.717) is 12.1 Å². The molecule has 2 aliphatic heterocycles. The van der Waals surface area contributed by atoms with Crippen molar-refractivity contribution in [3.63, 3.8) is 0 Å². The Morgan fingerprint density at radius 1 is 1.25 bits per heavy atom. The molecule has 2 aliphatic rings. The summed E-state index contributed by atoms with van der Waals surface area (Å²) in [6.07, 6.45) is 6.92. The number of ether oxygens (including phenoxy) is 1. The number of nitrogens with one attached hydrogen (secondary N) is 1. The zero-order valence-corrected chi connectivity index (χ0v) is 10.6. The minimum absolute atomic E-state index is 0.556. The molecule has 2 saturated heterocycles. The first kappa shape index (κ1) is 12.3. The summed E-state index contributed by atoms with van der Waals surface area (Å²) in [7, 11) is 0. The molecule has 94 valence electrons. The van der Waals surface area contributed by atoms with Crippen LogP contribution in [-0.4, -0.2) is 49.8 Å². The van der Waals surface area contributed by atoms with Gasteiger partial charge in [0.2, 0.25) is 0 Å². The van der Waals surface area contributed by atoms with E-state index in [0.717, 1.165) is 6.61 Å². The maximum atomic E-state index is 5.68. The van der Waals surface area contributed by atoms with Gasteiger partial charge in [0, 0.05) is 19.2 Å². The van der Waals surface area contributed by atoms with E-state index in [2.05, 4.69) is 17.1 Å². The fraction of sp³-hybridized carbons (Fsp3) is 1.00. The number of rotatable bonds is 3. The molecule has 0 aromatic carbocycles. The first-order chi connectivity index (χ1) is 7.84. The molecule has 16 heavy (non-hydrogen) atoms. The highest BCUT2D eigenvalue weighted by molar-refractivity contribution is 4.72. The summed E-state index contributed by atoms with van der Waals surface area (Å²) in [6, 6.07) is 0.686. The van der Waals surface area contributed by atoms with Gasteiger partial charge in [0.05, 0.1) is 6.10 Å². The summed E-state index contributed by atoms with van der Waals surface area (Å²) in [6.45, 7) is 8.21. The third-order valence-corrected chi connectivity index (χ3v) is 3.81. The van der Waals surface area contributed by atoms with Crippen molar-refractivity contribution in [3.8, 4) is 0 Å². The van der Waals surface area contributed by atoms with E-state index in [1.54, 1.807) is 0 Å². The van der Waals surface area contributed by atoms with Gasteiger partial charge in [0.1, 0.15) is 0 Å². The summed E-state index contributed by atoms with van der Waals surface area (Å²) in [4.78, 5) is 2.62. The molecule has 2 heterocycles. The lowest BCUT2D eigenvalue weighted by Gasteiger charge is -2.28. The molecule has 0 saturated carbocycles. The molecular formula is C13H26N2O. The predicted octanol–water partition coefficient (Wildman–Crippen LogP) is 1.63. The molecule has 0 aliphatic carbocycles. The number of nitrogens with zero attached hydrogens (tertiary/aromatic N) is 1. The predicted molar refractivity (Wildman–Crippen MR) is 66.7 cm³/mol. The van der Waals surface area contributed by atoms with E-state index in [4.69, 9.17) is 4.74 Å². The van der Waals surface area contributed by atoms with Gasteiger partial charge in [-0.25, -0.2) is 0 Å².